The summed E-state index contributed by atoms with van der Waals surface area (Å²) in [6, 6.07) is 7.68. The molecule has 0 atom stereocenters. The number of carbonyl (C=O) groups is 1. The van der Waals surface area contributed by atoms with E-state index in [4.69, 9.17) is 21.1 Å². The van der Waals surface area contributed by atoms with Crippen LogP contribution in [0, 0.1) is 10.1 Å². The summed E-state index contributed by atoms with van der Waals surface area (Å²) in [6.45, 7) is 0. The van der Waals surface area contributed by atoms with E-state index in [-0.39, 0.29) is 23.0 Å². The maximum absolute atomic E-state index is 12.2. The predicted octanol–water partition coefficient (Wildman–Crippen LogP) is 4.60. The van der Waals surface area contributed by atoms with Crippen molar-refractivity contribution in [1.29, 1.82) is 0 Å². The average Bonchev–Trinajstić information content (AvgIpc) is 2.61. The molecule has 0 fully saturated rings. The third-order valence-electron chi connectivity index (χ3n) is 3.60. The van der Waals surface area contributed by atoms with Crippen molar-refractivity contribution >= 4 is 44.8 Å². The molecule has 2 rings (SSSR count). The maximum atomic E-state index is 12.2. The summed E-state index contributed by atoms with van der Waals surface area (Å²) in [5.74, 6) is 0.879. The van der Waals surface area contributed by atoms with Crippen LogP contribution in [0.5, 0.6) is 11.5 Å². The molecule has 0 heterocycles. The van der Waals surface area contributed by atoms with Crippen LogP contribution in [0.4, 0.5) is 11.4 Å². The highest BCUT2D eigenvalue weighted by molar-refractivity contribution is 9.10. The number of benzene rings is 2. The molecule has 9 heteroatoms. The molecule has 26 heavy (non-hydrogen) atoms. The van der Waals surface area contributed by atoms with Gasteiger partial charge in [0.2, 0.25) is 5.91 Å². The zero-order valence-corrected chi connectivity index (χ0v) is 16.4. The second-order valence-corrected chi connectivity index (χ2v) is 6.53. The monoisotopic (exact) mass is 442 g/mol. The fraction of sp³-hybridized carbons (Fsp3) is 0.235. The van der Waals surface area contributed by atoms with Crippen molar-refractivity contribution in [1.82, 2.24) is 0 Å². The Morgan fingerprint density at radius 1 is 1.23 bits per heavy atom. The summed E-state index contributed by atoms with van der Waals surface area (Å²) >= 11 is 9.20. The third kappa shape index (κ3) is 4.86. The van der Waals surface area contributed by atoms with Gasteiger partial charge in [-0.05, 0) is 36.2 Å². The molecule has 2 aromatic carbocycles. The SMILES string of the molecule is COc1cc(Br)c(CCC(=O)Nc2ccc(Cl)c([N+](=O)[O-])c2)cc1OC. The van der Waals surface area contributed by atoms with E-state index in [0.29, 0.717) is 23.6 Å². The van der Waals surface area contributed by atoms with Crippen LogP contribution in [0.1, 0.15) is 12.0 Å². The van der Waals surface area contributed by atoms with Crippen molar-refractivity contribution in [3.05, 3.63) is 55.5 Å². The summed E-state index contributed by atoms with van der Waals surface area (Å²) in [7, 11) is 3.08. The number of hydrogen-bond donors (Lipinski definition) is 1. The van der Waals surface area contributed by atoms with Gasteiger partial charge in [-0.25, -0.2) is 0 Å². The summed E-state index contributed by atoms with van der Waals surface area (Å²) < 4.78 is 11.3. The first-order valence-electron chi connectivity index (χ1n) is 7.50. The van der Waals surface area contributed by atoms with Gasteiger partial charge in [0.1, 0.15) is 5.02 Å². The van der Waals surface area contributed by atoms with Gasteiger partial charge in [-0.2, -0.15) is 0 Å². The summed E-state index contributed by atoms with van der Waals surface area (Å²) in [4.78, 5) is 22.5. The molecule has 0 unspecified atom stereocenters. The summed E-state index contributed by atoms with van der Waals surface area (Å²) in [5, 5.41) is 13.5. The minimum Gasteiger partial charge on any atom is -0.493 e. The molecule has 0 saturated carbocycles. The van der Waals surface area contributed by atoms with Gasteiger partial charge in [0, 0.05) is 22.6 Å². The number of amides is 1. The number of aryl methyl sites for hydroxylation is 1. The standard InChI is InChI=1S/C17H16BrClN2O5/c1-25-15-7-10(12(18)9-16(15)26-2)3-6-17(22)20-11-4-5-13(19)14(8-11)21(23)24/h4-5,7-9H,3,6H2,1-2H3,(H,20,22). The molecule has 0 aliphatic rings. The quantitative estimate of drug-likeness (QED) is 0.499. The van der Waals surface area contributed by atoms with E-state index in [1.54, 1.807) is 19.2 Å². The summed E-state index contributed by atoms with van der Waals surface area (Å²) in [6.07, 6.45) is 0.632. The van der Waals surface area contributed by atoms with Gasteiger partial charge < -0.3 is 14.8 Å². The number of halogens is 2. The molecular weight excluding hydrogens is 428 g/mol. The van der Waals surface area contributed by atoms with Crippen LogP contribution in [0.2, 0.25) is 5.02 Å². The lowest BCUT2D eigenvalue weighted by molar-refractivity contribution is -0.384. The Morgan fingerprint density at radius 2 is 1.88 bits per heavy atom. The highest BCUT2D eigenvalue weighted by Gasteiger charge is 2.15. The Hall–Kier alpha value is -2.32. The van der Waals surface area contributed by atoms with Gasteiger partial charge in [-0.1, -0.05) is 27.5 Å². The fourth-order valence-electron chi connectivity index (χ4n) is 2.29. The number of carbonyl (C=O) groups excluding carboxylic acids is 1. The molecule has 0 aliphatic carbocycles. The Labute approximate surface area is 163 Å². The van der Waals surface area contributed by atoms with Crippen LogP contribution in [0.15, 0.2) is 34.8 Å². The largest absolute Gasteiger partial charge is 0.493 e. The number of hydrogen-bond acceptors (Lipinski definition) is 5. The smallest absolute Gasteiger partial charge is 0.289 e. The van der Waals surface area contributed by atoms with Gasteiger partial charge in [0.25, 0.3) is 5.69 Å². The van der Waals surface area contributed by atoms with Crippen molar-refractivity contribution in [2.75, 3.05) is 19.5 Å². The molecule has 1 amide bonds. The van der Waals surface area contributed by atoms with Gasteiger partial charge in [0.15, 0.2) is 11.5 Å². The van der Waals surface area contributed by atoms with E-state index in [9.17, 15) is 14.9 Å². The molecule has 7 nitrogen and oxygen atoms in total. The fourth-order valence-corrected chi connectivity index (χ4v) is 3.00. The zero-order valence-electron chi connectivity index (χ0n) is 14.0. The van der Waals surface area contributed by atoms with E-state index < -0.39 is 4.92 Å². The van der Waals surface area contributed by atoms with Crippen LogP contribution < -0.4 is 14.8 Å². The lowest BCUT2D eigenvalue weighted by atomic mass is 10.1. The molecule has 0 radical (unpaired) electrons. The number of rotatable bonds is 7. The van der Waals surface area contributed by atoms with Gasteiger partial charge in [0.05, 0.1) is 19.1 Å². The van der Waals surface area contributed by atoms with Gasteiger partial charge in [-0.3, -0.25) is 14.9 Å². The predicted molar refractivity (Wildman–Crippen MR) is 102 cm³/mol. The van der Waals surface area contributed by atoms with E-state index >= 15 is 0 Å². The van der Waals surface area contributed by atoms with Crippen molar-refractivity contribution in [2.45, 2.75) is 12.8 Å². The highest BCUT2D eigenvalue weighted by Crippen LogP contribution is 2.34. The average molecular weight is 444 g/mol. The van der Waals surface area contributed by atoms with Crippen LogP contribution in [-0.2, 0) is 11.2 Å². The number of nitro groups is 1. The molecule has 0 aliphatic heterocycles. The van der Waals surface area contributed by atoms with Crippen LogP contribution >= 0.6 is 27.5 Å². The first-order chi connectivity index (χ1) is 12.3. The molecule has 0 bridgehead atoms. The van der Waals surface area contributed by atoms with Crippen molar-refractivity contribution in [2.24, 2.45) is 0 Å². The second kappa shape index (κ2) is 8.86. The summed E-state index contributed by atoms with van der Waals surface area (Å²) in [5.41, 5.74) is 0.935. The molecule has 138 valence electrons. The first kappa shape index (κ1) is 20.0. The van der Waals surface area contributed by atoms with Crippen molar-refractivity contribution < 1.29 is 19.2 Å². The molecule has 2 aromatic rings. The number of nitro benzene ring substituents is 1. The topological polar surface area (TPSA) is 90.7 Å². The van der Waals surface area contributed by atoms with Crippen LogP contribution in [-0.4, -0.2) is 25.1 Å². The third-order valence-corrected chi connectivity index (χ3v) is 4.66. The Morgan fingerprint density at radius 3 is 2.50 bits per heavy atom. The van der Waals surface area contributed by atoms with Crippen molar-refractivity contribution in [3.8, 4) is 11.5 Å². The number of ether oxygens (including phenoxy) is 2. The lowest BCUT2D eigenvalue weighted by Gasteiger charge is -2.12. The number of nitrogens with one attached hydrogen (secondary N) is 1. The Balaban J connectivity index is 2.05. The molecule has 0 saturated heterocycles. The van der Waals surface area contributed by atoms with E-state index in [2.05, 4.69) is 21.2 Å². The lowest BCUT2D eigenvalue weighted by Crippen LogP contribution is -2.12. The highest BCUT2D eigenvalue weighted by atomic mass is 79.9. The maximum Gasteiger partial charge on any atom is 0.289 e. The van der Waals surface area contributed by atoms with Crippen LogP contribution in [0.25, 0.3) is 0 Å². The zero-order chi connectivity index (χ0) is 19.3. The minimum atomic E-state index is -0.598. The first-order valence-corrected chi connectivity index (χ1v) is 8.67. The Kier molecular flexibility index (Phi) is 6.82. The minimum absolute atomic E-state index is 0.0160. The van der Waals surface area contributed by atoms with E-state index in [1.165, 1.54) is 25.3 Å². The van der Waals surface area contributed by atoms with Gasteiger partial charge >= 0.3 is 0 Å². The number of methoxy groups -OCH3 is 2. The van der Waals surface area contributed by atoms with E-state index in [1.807, 2.05) is 0 Å². The normalized spacial score (nSPS) is 10.3. The Bertz CT molecular complexity index is 844. The number of anilines is 1. The molecular formula is C17H16BrClN2O5. The van der Waals surface area contributed by atoms with Crippen LogP contribution in [0.3, 0.4) is 0 Å². The van der Waals surface area contributed by atoms with Gasteiger partial charge in [-0.15, -0.1) is 0 Å². The second-order valence-electron chi connectivity index (χ2n) is 5.27. The molecule has 0 aromatic heterocycles. The molecule has 1 N–H and O–H groups in total. The molecule has 0 spiro atoms. The van der Waals surface area contributed by atoms with E-state index in [0.717, 1.165) is 10.0 Å². The number of nitrogens with zero attached hydrogens (tertiary/aromatic N) is 1. The van der Waals surface area contributed by atoms with Crippen molar-refractivity contribution in [3.63, 3.8) is 0 Å².